The first-order valence-corrected chi connectivity index (χ1v) is 7.47. The molecule has 0 amide bonds. The lowest BCUT2D eigenvalue weighted by Gasteiger charge is -2.07. The Bertz CT molecular complexity index is 458. The van der Waals surface area contributed by atoms with Gasteiger partial charge in [0.05, 0.1) is 10.6 Å². The van der Waals surface area contributed by atoms with Crippen LogP contribution in [-0.4, -0.2) is 14.2 Å². The van der Waals surface area contributed by atoms with Crippen molar-refractivity contribution in [2.24, 2.45) is 0 Å². The molecule has 0 aromatic heterocycles. The number of sulfone groups is 1. The number of benzene rings is 1. The van der Waals surface area contributed by atoms with Gasteiger partial charge in [0.15, 0.2) is 9.84 Å². The van der Waals surface area contributed by atoms with Crippen molar-refractivity contribution in [1.29, 1.82) is 0 Å². The van der Waals surface area contributed by atoms with Crippen LogP contribution in [0.25, 0.3) is 0 Å². The largest absolute Gasteiger partial charge is 0.224 e. The topological polar surface area (TPSA) is 34.1 Å². The van der Waals surface area contributed by atoms with Gasteiger partial charge in [-0.05, 0) is 31.0 Å². The van der Waals surface area contributed by atoms with Crippen molar-refractivity contribution in [3.05, 3.63) is 27.7 Å². The summed E-state index contributed by atoms with van der Waals surface area (Å²) in [5, 5.41) is 0.783. The van der Waals surface area contributed by atoms with Crippen LogP contribution in [0.5, 0.6) is 0 Å². The molecule has 1 rings (SSSR count). The highest BCUT2D eigenvalue weighted by Gasteiger charge is 2.16. The van der Waals surface area contributed by atoms with E-state index in [2.05, 4.69) is 0 Å². The van der Waals surface area contributed by atoms with Gasteiger partial charge < -0.3 is 0 Å². The van der Waals surface area contributed by atoms with Crippen LogP contribution in [0.15, 0.2) is 17.0 Å². The fraction of sp³-hybridized carbons (Fsp3) is 0.455. The van der Waals surface area contributed by atoms with Crippen molar-refractivity contribution in [2.75, 3.05) is 5.75 Å². The van der Waals surface area contributed by atoms with Crippen LogP contribution in [0.3, 0.4) is 0 Å². The van der Waals surface area contributed by atoms with Gasteiger partial charge in [0.1, 0.15) is 0 Å². The van der Waals surface area contributed by atoms with Gasteiger partial charge in [-0.3, -0.25) is 0 Å². The Labute approximate surface area is 106 Å². The average molecular weight is 281 g/mol. The van der Waals surface area contributed by atoms with Crippen LogP contribution in [0.4, 0.5) is 0 Å². The highest BCUT2D eigenvalue weighted by atomic mass is 35.5. The minimum absolute atomic E-state index is 0.138. The fourth-order valence-corrected chi connectivity index (χ4v) is 3.37. The van der Waals surface area contributed by atoms with Gasteiger partial charge in [0, 0.05) is 10.0 Å². The summed E-state index contributed by atoms with van der Waals surface area (Å²) in [6.45, 7) is 3.71. The van der Waals surface area contributed by atoms with Gasteiger partial charge in [-0.25, -0.2) is 8.42 Å². The molecular weight excluding hydrogens is 267 g/mol. The lowest BCUT2D eigenvalue weighted by molar-refractivity contribution is 0.592. The predicted octanol–water partition coefficient (Wildman–Crippen LogP) is 3.88. The van der Waals surface area contributed by atoms with Crippen LogP contribution in [0.2, 0.25) is 10.0 Å². The van der Waals surface area contributed by atoms with E-state index in [0.717, 1.165) is 6.42 Å². The third-order valence-corrected chi connectivity index (χ3v) is 4.95. The summed E-state index contributed by atoms with van der Waals surface area (Å²) in [5.41, 5.74) is 0.706. The number of unbranched alkanes of at least 4 members (excludes halogenated alkanes) is 1. The van der Waals surface area contributed by atoms with Crippen molar-refractivity contribution >= 4 is 33.0 Å². The molecule has 1 aromatic carbocycles. The Morgan fingerprint density at radius 2 is 1.69 bits per heavy atom. The molecule has 0 radical (unpaired) electrons. The molecule has 1 aromatic rings. The molecule has 0 aliphatic carbocycles. The van der Waals surface area contributed by atoms with Crippen molar-refractivity contribution in [3.63, 3.8) is 0 Å². The van der Waals surface area contributed by atoms with E-state index in [-0.39, 0.29) is 10.6 Å². The van der Waals surface area contributed by atoms with Crippen molar-refractivity contribution in [2.45, 2.75) is 31.6 Å². The van der Waals surface area contributed by atoms with E-state index in [1.165, 1.54) is 12.1 Å². The number of hydrogen-bond acceptors (Lipinski definition) is 2. The molecule has 0 fully saturated rings. The third kappa shape index (κ3) is 3.12. The molecule has 0 saturated carbocycles. The Hall–Kier alpha value is -0.250. The number of halogens is 2. The summed E-state index contributed by atoms with van der Waals surface area (Å²) in [5.74, 6) is 0.138. The summed E-state index contributed by atoms with van der Waals surface area (Å²) in [7, 11) is -3.25. The Morgan fingerprint density at radius 3 is 2.12 bits per heavy atom. The van der Waals surface area contributed by atoms with Gasteiger partial charge >= 0.3 is 0 Å². The first-order chi connectivity index (χ1) is 7.38. The first kappa shape index (κ1) is 13.8. The molecule has 0 aliphatic rings. The molecule has 0 saturated heterocycles. The maximum absolute atomic E-state index is 11.9. The molecule has 90 valence electrons. The third-order valence-electron chi connectivity index (χ3n) is 2.38. The minimum Gasteiger partial charge on any atom is -0.224 e. The van der Waals surface area contributed by atoms with Gasteiger partial charge in [-0.15, -0.1) is 0 Å². The normalized spacial score (nSPS) is 11.8. The second-order valence-electron chi connectivity index (χ2n) is 3.68. The highest BCUT2D eigenvalue weighted by Crippen LogP contribution is 2.28. The van der Waals surface area contributed by atoms with E-state index in [4.69, 9.17) is 23.2 Å². The van der Waals surface area contributed by atoms with E-state index in [1.54, 1.807) is 6.92 Å². The average Bonchev–Trinajstić information content (AvgIpc) is 2.22. The highest BCUT2D eigenvalue weighted by molar-refractivity contribution is 7.91. The van der Waals surface area contributed by atoms with E-state index >= 15 is 0 Å². The van der Waals surface area contributed by atoms with Crippen molar-refractivity contribution in [1.82, 2.24) is 0 Å². The molecule has 0 aliphatic heterocycles. The van der Waals surface area contributed by atoms with E-state index in [9.17, 15) is 8.42 Å². The Morgan fingerprint density at radius 1 is 1.19 bits per heavy atom. The van der Waals surface area contributed by atoms with Gasteiger partial charge in [0.2, 0.25) is 0 Å². The SMILES string of the molecule is CCCCS(=O)(=O)c1cc(Cl)c(C)c(Cl)c1. The second-order valence-corrected chi connectivity index (χ2v) is 6.61. The molecular formula is C11H14Cl2O2S. The summed E-state index contributed by atoms with van der Waals surface area (Å²) < 4.78 is 23.8. The Balaban J connectivity index is 3.14. The number of rotatable bonds is 4. The van der Waals surface area contributed by atoms with Crippen molar-refractivity contribution in [3.8, 4) is 0 Å². The summed E-state index contributed by atoms with van der Waals surface area (Å²) in [6, 6.07) is 2.93. The zero-order chi connectivity index (χ0) is 12.3. The lowest BCUT2D eigenvalue weighted by Crippen LogP contribution is -2.06. The van der Waals surface area contributed by atoms with E-state index in [1.807, 2.05) is 6.92 Å². The van der Waals surface area contributed by atoms with Crippen LogP contribution in [0.1, 0.15) is 25.3 Å². The van der Waals surface area contributed by atoms with Crippen molar-refractivity contribution < 1.29 is 8.42 Å². The van der Waals surface area contributed by atoms with Crippen LogP contribution in [-0.2, 0) is 9.84 Å². The maximum atomic E-state index is 11.9. The molecule has 0 bridgehead atoms. The molecule has 0 heterocycles. The Kier molecular flexibility index (Phi) is 4.65. The minimum atomic E-state index is -3.25. The van der Waals surface area contributed by atoms with Gasteiger partial charge in [-0.1, -0.05) is 36.5 Å². The maximum Gasteiger partial charge on any atom is 0.178 e. The molecule has 2 nitrogen and oxygen atoms in total. The van der Waals surface area contributed by atoms with E-state index < -0.39 is 9.84 Å². The fourth-order valence-electron chi connectivity index (χ4n) is 1.25. The van der Waals surface area contributed by atoms with Gasteiger partial charge in [-0.2, -0.15) is 0 Å². The van der Waals surface area contributed by atoms with Crippen LogP contribution in [0, 0.1) is 6.92 Å². The van der Waals surface area contributed by atoms with E-state index in [0.29, 0.717) is 22.0 Å². The zero-order valence-corrected chi connectivity index (χ0v) is 11.6. The van der Waals surface area contributed by atoms with Crippen LogP contribution < -0.4 is 0 Å². The molecule has 0 N–H and O–H groups in total. The summed E-state index contributed by atoms with van der Waals surface area (Å²) in [4.78, 5) is 0.210. The summed E-state index contributed by atoms with van der Waals surface area (Å²) >= 11 is 11.8. The van der Waals surface area contributed by atoms with Crippen LogP contribution >= 0.6 is 23.2 Å². The lowest BCUT2D eigenvalue weighted by atomic mass is 10.2. The first-order valence-electron chi connectivity index (χ1n) is 5.07. The summed E-state index contributed by atoms with van der Waals surface area (Å²) in [6.07, 6.45) is 1.48. The zero-order valence-electron chi connectivity index (χ0n) is 9.26. The van der Waals surface area contributed by atoms with Gasteiger partial charge in [0.25, 0.3) is 0 Å². The second kappa shape index (κ2) is 5.39. The molecule has 0 atom stereocenters. The quantitative estimate of drug-likeness (QED) is 0.839. The molecule has 16 heavy (non-hydrogen) atoms. The smallest absolute Gasteiger partial charge is 0.178 e. The predicted molar refractivity (Wildman–Crippen MR) is 68.2 cm³/mol. The number of hydrogen-bond donors (Lipinski definition) is 0. The monoisotopic (exact) mass is 280 g/mol. The molecule has 0 unspecified atom stereocenters. The molecule has 5 heteroatoms. The standard InChI is InChI=1S/C11H14Cl2O2S/c1-3-4-5-16(14,15)9-6-10(12)8(2)11(13)7-9/h6-7H,3-5H2,1-2H3. The molecule has 0 spiro atoms.